The van der Waals surface area contributed by atoms with Gasteiger partial charge in [-0.15, -0.1) is 0 Å². The van der Waals surface area contributed by atoms with Crippen LogP contribution in [0.15, 0.2) is 51.6 Å². The summed E-state index contributed by atoms with van der Waals surface area (Å²) >= 11 is 1.22. The molecule has 0 spiro atoms. The van der Waals surface area contributed by atoms with E-state index in [-0.39, 0.29) is 4.90 Å². The number of rotatable bonds is 5. The first kappa shape index (κ1) is 14.8. The van der Waals surface area contributed by atoms with Crippen molar-refractivity contribution in [1.29, 1.82) is 0 Å². The van der Waals surface area contributed by atoms with Crippen molar-refractivity contribution in [3.63, 3.8) is 0 Å². The molecule has 0 aliphatic carbocycles. The van der Waals surface area contributed by atoms with Crippen LogP contribution in [0.5, 0.6) is 0 Å². The number of benzene rings is 1. The first-order chi connectivity index (χ1) is 9.53. The molecule has 2 rings (SSSR count). The Kier molecular flexibility index (Phi) is 4.58. The van der Waals surface area contributed by atoms with E-state index in [4.69, 9.17) is 5.73 Å². The van der Waals surface area contributed by atoms with Crippen molar-refractivity contribution in [2.24, 2.45) is 0 Å². The summed E-state index contributed by atoms with van der Waals surface area (Å²) in [5.41, 5.74) is 6.35. The fourth-order valence-corrected chi connectivity index (χ4v) is 3.42. The van der Waals surface area contributed by atoms with Gasteiger partial charge in [-0.1, -0.05) is 6.92 Å². The standard InChI is InChI=1S/C12H14N4O2S2/c1-2-16-20(17,18)9-4-5-10(13)11(8-9)19-12-14-6-3-7-15-12/h3-8,16H,2,13H2,1H3. The van der Waals surface area contributed by atoms with E-state index in [0.29, 0.717) is 22.3 Å². The Bertz CT molecular complexity index is 690. The molecule has 0 bridgehead atoms. The van der Waals surface area contributed by atoms with Crippen molar-refractivity contribution in [3.8, 4) is 0 Å². The van der Waals surface area contributed by atoms with Gasteiger partial charge in [0.15, 0.2) is 5.16 Å². The Morgan fingerprint density at radius 2 is 2.00 bits per heavy atom. The van der Waals surface area contributed by atoms with Crippen LogP contribution < -0.4 is 10.5 Å². The number of nitrogen functional groups attached to an aromatic ring is 1. The van der Waals surface area contributed by atoms with E-state index in [9.17, 15) is 8.42 Å². The van der Waals surface area contributed by atoms with Crippen molar-refractivity contribution < 1.29 is 8.42 Å². The summed E-state index contributed by atoms with van der Waals surface area (Å²) < 4.78 is 26.4. The molecule has 0 radical (unpaired) electrons. The highest BCUT2D eigenvalue weighted by Gasteiger charge is 2.15. The van der Waals surface area contributed by atoms with Crippen LogP contribution in [0.4, 0.5) is 5.69 Å². The van der Waals surface area contributed by atoms with Crippen molar-refractivity contribution in [3.05, 3.63) is 36.7 Å². The van der Waals surface area contributed by atoms with E-state index in [1.807, 2.05) is 0 Å². The third-order valence-electron chi connectivity index (χ3n) is 2.37. The lowest BCUT2D eigenvalue weighted by Crippen LogP contribution is -2.23. The Morgan fingerprint density at radius 3 is 2.65 bits per heavy atom. The molecule has 1 aromatic heterocycles. The highest BCUT2D eigenvalue weighted by molar-refractivity contribution is 7.99. The van der Waals surface area contributed by atoms with Crippen molar-refractivity contribution in [2.45, 2.75) is 21.9 Å². The van der Waals surface area contributed by atoms with Gasteiger partial charge in [0.25, 0.3) is 0 Å². The van der Waals surface area contributed by atoms with Gasteiger partial charge < -0.3 is 5.73 Å². The number of aromatic nitrogens is 2. The van der Waals surface area contributed by atoms with Gasteiger partial charge in [-0.25, -0.2) is 23.1 Å². The molecule has 0 aliphatic rings. The van der Waals surface area contributed by atoms with Crippen LogP contribution >= 0.6 is 11.8 Å². The SMILES string of the molecule is CCNS(=O)(=O)c1ccc(N)c(Sc2ncccn2)c1. The second kappa shape index (κ2) is 6.21. The van der Waals surface area contributed by atoms with Crippen LogP contribution in [0.25, 0.3) is 0 Å². The van der Waals surface area contributed by atoms with Crippen LogP contribution in [0.2, 0.25) is 0 Å². The van der Waals surface area contributed by atoms with Gasteiger partial charge in [0.2, 0.25) is 10.0 Å². The highest BCUT2D eigenvalue weighted by atomic mass is 32.2. The third-order valence-corrected chi connectivity index (χ3v) is 4.88. The lowest BCUT2D eigenvalue weighted by Gasteiger charge is -2.08. The molecule has 20 heavy (non-hydrogen) atoms. The molecular formula is C12H14N4O2S2. The van der Waals surface area contributed by atoms with Crippen molar-refractivity contribution in [2.75, 3.05) is 12.3 Å². The van der Waals surface area contributed by atoms with Gasteiger partial charge in [0.1, 0.15) is 0 Å². The molecule has 0 amide bonds. The predicted octanol–water partition coefficient (Wildman–Crippen LogP) is 1.51. The molecule has 2 aromatic rings. The first-order valence-electron chi connectivity index (χ1n) is 5.87. The zero-order valence-corrected chi connectivity index (χ0v) is 12.4. The Hall–Kier alpha value is -1.64. The number of hydrogen-bond donors (Lipinski definition) is 2. The first-order valence-corrected chi connectivity index (χ1v) is 8.17. The summed E-state index contributed by atoms with van der Waals surface area (Å²) in [6.07, 6.45) is 3.23. The van der Waals surface area contributed by atoms with Crippen LogP contribution in [-0.2, 0) is 10.0 Å². The van der Waals surface area contributed by atoms with Gasteiger partial charge >= 0.3 is 0 Å². The predicted molar refractivity (Wildman–Crippen MR) is 77.9 cm³/mol. The molecule has 1 aromatic carbocycles. The normalized spacial score (nSPS) is 11.4. The monoisotopic (exact) mass is 310 g/mol. The number of sulfonamides is 1. The van der Waals surface area contributed by atoms with E-state index in [1.54, 1.807) is 31.5 Å². The fraction of sp³-hybridized carbons (Fsp3) is 0.167. The lowest BCUT2D eigenvalue weighted by atomic mass is 10.3. The topological polar surface area (TPSA) is 98.0 Å². The third kappa shape index (κ3) is 3.47. The summed E-state index contributed by atoms with van der Waals surface area (Å²) in [7, 11) is -3.50. The van der Waals surface area contributed by atoms with Gasteiger partial charge in [-0.2, -0.15) is 0 Å². The Balaban J connectivity index is 2.35. The molecule has 0 fully saturated rings. The van der Waals surface area contributed by atoms with Gasteiger partial charge in [0.05, 0.1) is 4.90 Å². The van der Waals surface area contributed by atoms with Crippen LogP contribution in [0.1, 0.15) is 6.92 Å². The van der Waals surface area contributed by atoms with Gasteiger partial charge in [-0.05, 0) is 36.0 Å². The summed E-state index contributed by atoms with van der Waals surface area (Å²) in [5.74, 6) is 0. The second-order valence-electron chi connectivity index (χ2n) is 3.83. The van der Waals surface area contributed by atoms with Crippen LogP contribution in [0, 0.1) is 0 Å². The van der Waals surface area contributed by atoms with Gasteiger partial charge in [0, 0.05) is 29.5 Å². The van der Waals surface area contributed by atoms with Crippen LogP contribution in [0.3, 0.4) is 0 Å². The highest BCUT2D eigenvalue weighted by Crippen LogP contribution is 2.31. The van der Waals surface area contributed by atoms with E-state index in [1.165, 1.54) is 23.9 Å². The number of nitrogens with zero attached hydrogens (tertiary/aromatic N) is 2. The molecule has 1 heterocycles. The summed E-state index contributed by atoms with van der Waals surface area (Å²) in [6, 6.07) is 6.27. The molecule has 3 N–H and O–H groups in total. The maximum atomic E-state index is 12.0. The van der Waals surface area contributed by atoms with E-state index in [2.05, 4.69) is 14.7 Å². The van der Waals surface area contributed by atoms with Crippen molar-refractivity contribution in [1.82, 2.24) is 14.7 Å². The van der Waals surface area contributed by atoms with Crippen LogP contribution in [-0.4, -0.2) is 24.9 Å². The second-order valence-corrected chi connectivity index (χ2v) is 6.61. The molecule has 8 heteroatoms. The fourth-order valence-electron chi connectivity index (χ4n) is 1.48. The Morgan fingerprint density at radius 1 is 1.30 bits per heavy atom. The number of hydrogen-bond acceptors (Lipinski definition) is 6. The zero-order chi connectivity index (χ0) is 14.6. The zero-order valence-electron chi connectivity index (χ0n) is 10.8. The van der Waals surface area contributed by atoms with E-state index >= 15 is 0 Å². The van der Waals surface area contributed by atoms with E-state index in [0.717, 1.165) is 0 Å². The number of nitrogens with one attached hydrogen (secondary N) is 1. The molecule has 0 unspecified atom stereocenters. The largest absolute Gasteiger partial charge is 0.398 e. The minimum absolute atomic E-state index is 0.173. The molecule has 0 saturated carbocycles. The molecule has 0 aliphatic heterocycles. The quantitative estimate of drug-likeness (QED) is 0.641. The molecule has 0 saturated heterocycles. The summed E-state index contributed by atoms with van der Waals surface area (Å²) in [4.78, 5) is 8.93. The molecule has 106 valence electrons. The average molecular weight is 310 g/mol. The molecule has 0 atom stereocenters. The average Bonchev–Trinajstić information content (AvgIpc) is 2.42. The summed E-state index contributed by atoms with van der Waals surface area (Å²) in [5, 5.41) is 0.511. The number of nitrogens with two attached hydrogens (primary N) is 1. The molecule has 6 nitrogen and oxygen atoms in total. The lowest BCUT2D eigenvalue weighted by molar-refractivity contribution is 0.583. The van der Waals surface area contributed by atoms with Crippen molar-refractivity contribution >= 4 is 27.5 Å². The smallest absolute Gasteiger partial charge is 0.240 e. The summed E-state index contributed by atoms with van der Waals surface area (Å²) in [6.45, 7) is 2.05. The minimum Gasteiger partial charge on any atom is -0.398 e. The Labute approximate surface area is 121 Å². The number of anilines is 1. The maximum absolute atomic E-state index is 12.0. The van der Waals surface area contributed by atoms with E-state index < -0.39 is 10.0 Å². The molecular weight excluding hydrogens is 296 g/mol. The van der Waals surface area contributed by atoms with Gasteiger partial charge in [-0.3, -0.25) is 0 Å². The minimum atomic E-state index is -3.50. The maximum Gasteiger partial charge on any atom is 0.240 e.